The van der Waals surface area contributed by atoms with Gasteiger partial charge in [-0.25, -0.2) is 4.98 Å². The highest BCUT2D eigenvalue weighted by molar-refractivity contribution is 7.99. The summed E-state index contributed by atoms with van der Waals surface area (Å²) >= 11 is 1.43. The fourth-order valence-electron chi connectivity index (χ4n) is 1.82. The number of benzene rings is 1. The minimum absolute atomic E-state index is 0.683. The maximum Gasteiger partial charge on any atom is 0.220 e. The van der Waals surface area contributed by atoms with Gasteiger partial charge in [0.1, 0.15) is 10.8 Å². The summed E-state index contributed by atoms with van der Waals surface area (Å²) in [4.78, 5) is 4.52. The second-order valence-electron chi connectivity index (χ2n) is 4.20. The Morgan fingerprint density at radius 1 is 1.10 bits per heavy atom. The number of nitrogens with one attached hydrogen (secondary N) is 1. The molecule has 1 N–H and O–H groups in total. The highest BCUT2D eigenvalue weighted by Gasteiger charge is 2.10. The lowest BCUT2D eigenvalue weighted by Crippen LogP contribution is -2.00. The Labute approximate surface area is 126 Å². The third-order valence-electron chi connectivity index (χ3n) is 2.72. The first-order chi connectivity index (χ1) is 10.4. The van der Waals surface area contributed by atoms with Crippen molar-refractivity contribution < 1.29 is 0 Å². The van der Waals surface area contributed by atoms with Crippen LogP contribution in [0.25, 0.3) is 5.69 Å². The van der Waals surface area contributed by atoms with Gasteiger partial charge in [-0.3, -0.25) is 0 Å². The van der Waals surface area contributed by atoms with Crippen LogP contribution in [-0.2, 0) is 0 Å². The number of aromatic nitrogens is 5. The Kier molecular flexibility index (Phi) is 4.11. The normalized spacial score (nSPS) is 10.5. The molecule has 0 spiro atoms. The molecule has 0 aliphatic carbocycles. The van der Waals surface area contributed by atoms with Gasteiger partial charge in [-0.2, -0.15) is 4.68 Å². The second kappa shape index (κ2) is 6.36. The van der Waals surface area contributed by atoms with Crippen molar-refractivity contribution in [3.63, 3.8) is 0 Å². The summed E-state index contributed by atoms with van der Waals surface area (Å²) in [7, 11) is 0. The fourth-order valence-corrected chi connectivity index (χ4v) is 2.60. The molecule has 3 aromatic rings. The first kappa shape index (κ1) is 13.6. The molecule has 6 nitrogen and oxygen atoms in total. The van der Waals surface area contributed by atoms with Gasteiger partial charge in [0.05, 0.1) is 5.69 Å². The lowest BCUT2D eigenvalue weighted by atomic mass is 10.3. The van der Waals surface area contributed by atoms with Gasteiger partial charge < -0.3 is 5.32 Å². The number of pyridine rings is 1. The van der Waals surface area contributed by atoms with E-state index in [1.807, 2.05) is 55.5 Å². The molecule has 0 radical (unpaired) electrons. The monoisotopic (exact) mass is 298 g/mol. The Hall–Kier alpha value is -2.41. The molecule has 106 valence electrons. The van der Waals surface area contributed by atoms with Gasteiger partial charge in [0.2, 0.25) is 5.16 Å². The molecular formula is C14H14N6S. The smallest absolute Gasteiger partial charge is 0.220 e. The third kappa shape index (κ3) is 3.19. The van der Waals surface area contributed by atoms with Gasteiger partial charge in [-0.05, 0) is 53.4 Å². The summed E-state index contributed by atoms with van der Waals surface area (Å²) < 4.78 is 1.70. The highest BCUT2D eigenvalue weighted by Crippen LogP contribution is 2.26. The van der Waals surface area contributed by atoms with Crippen LogP contribution in [0.5, 0.6) is 0 Å². The van der Waals surface area contributed by atoms with E-state index in [0.29, 0.717) is 5.16 Å². The SMILES string of the molecule is CCNc1cccc(Sc2nnnn2-c2ccccc2)n1. The van der Waals surface area contributed by atoms with E-state index in [4.69, 9.17) is 0 Å². The van der Waals surface area contributed by atoms with Crippen LogP contribution in [0.15, 0.2) is 58.7 Å². The zero-order chi connectivity index (χ0) is 14.5. The Bertz CT molecular complexity index is 712. The number of hydrogen-bond donors (Lipinski definition) is 1. The van der Waals surface area contributed by atoms with Gasteiger partial charge >= 0.3 is 0 Å². The minimum Gasteiger partial charge on any atom is -0.370 e. The molecule has 0 fully saturated rings. The van der Waals surface area contributed by atoms with E-state index >= 15 is 0 Å². The molecule has 3 rings (SSSR count). The zero-order valence-electron chi connectivity index (χ0n) is 11.5. The average Bonchev–Trinajstić information content (AvgIpc) is 2.97. The molecule has 0 aliphatic heterocycles. The summed E-state index contributed by atoms with van der Waals surface area (Å²) in [5.74, 6) is 0.848. The Morgan fingerprint density at radius 2 is 1.95 bits per heavy atom. The lowest BCUT2D eigenvalue weighted by Gasteiger charge is -2.05. The van der Waals surface area contributed by atoms with E-state index in [2.05, 4.69) is 25.8 Å². The Balaban J connectivity index is 1.86. The van der Waals surface area contributed by atoms with Gasteiger partial charge in [0.25, 0.3) is 0 Å². The van der Waals surface area contributed by atoms with Gasteiger partial charge in [-0.1, -0.05) is 24.3 Å². The number of para-hydroxylation sites is 1. The van der Waals surface area contributed by atoms with E-state index in [0.717, 1.165) is 23.1 Å². The van der Waals surface area contributed by atoms with Crippen LogP contribution in [0, 0.1) is 0 Å². The van der Waals surface area contributed by atoms with E-state index in [9.17, 15) is 0 Å². The summed E-state index contributed by atoms with van der Waals surface area (Å²) in [6, 6.07) is 15.6. The molecule has 0 bridgehead atoms. The molecule has 21 heavy (non-hydrogen) atoms. The molecule has 2 heterocycles. The largest absolute Gasteiger partial charge is 0.370 e. The standard InChI is InChI=1S/C14H14N6S/c1-2-15-12-9-6-10-13(16-12)21-14-17-18-19-20(14)11-7-4-3-5-8-11/h3-10H,2H2,1H3,(H,15,16). The molecular weight excluding hydrogens is 284 g/mol. The third-order valence-corrected chi connectivity index (χ3v) is 3.59. The lowest BCUT2D eigenvalue weighted by molar-refractivity contribution is 0.756. The maximum absolute atomic E-state index is 4.52. The van der Waals surface area contributed by atoms with E-state index < -0.39 is 0 Å². The van der Waals surface area contributed by atoms with Gasteiger partial charge in [0, 0.05) is 6.54 Å². The Morgan fingerprint density at radius 3 is 2.76 bits per heavy atom. The predicted molar refractivity (Wildman–Crippen MR) is 81.7 cm³/mol. The van der Waals surface area contributed by atoms with Gasteiger partial charge in [-0.15, -0.1) is 5.10 Å². The van der Waals surface area contributed by atoms with Crippen molar-refractivity contribution >= 4 is 17.6 Å². The van der Waals surface area contributed by atoms with E-state index in [1.54, 1.807) is 4.68 Å². The first-order valence-electron chi connectivity index (χ1n) is 6.59. The number of rotatable bonds is 5. The molecule has 2 aromatic heterocycles. The van der Waals surface area contributed by atoms with E-state index in [1.165, 1.54) is 11.8 Å². The van der Waals surface area contributed by atoms with Crippen molar-refractivity contribution in [1.29, 1.82) is 0 Å². The number of hydrogen-bond acceptors (Lipinski definition) is 6. The molecule has 0 saturated carbocycles. The topological polar surface area (TPSA) is 68.5 Å². The minimum atomic E-state index is 0.683. The maximum atomic E-state index is 4.52. The van der Waals surface area contributed by atoms with Crippen LogP contribution in [-0.4, -0.2) is 31.7 Å². The highest BCUT2D eigenvalue weighted by atomic mass is 32.2. The van der Waals surface area contributed by atoms with Crippen LogP contribution >= 0.6 is 11.8 Å². The van der Waals surface area contributed by atoms with Crippen molar-refractivity contribution in [3.05, 3.63) is 48.5 Å². The van der Waals surface area contributed by atoms with Gasteiger partial charge in [0.15, 0.2) is 0 Å². The van der Waals surface area contributed by atoms with Crippen LogP contribution < -0.4 is 5.32 Å². The van der Waals surface area contributed by atoms with Crippen LogP contribution in [0.2, 0.25) is 0 Å². The summed E-state index contributed by atoms with van der Waals surface area (Å²) in [6.07, 6.45) is 0. The molecule has 7 heteroatoms. The molecule has 0 atom stereocenters. The van der Waals surface area contributed by atoms with Crippen LogP contribution in [0.3, 0.4) is 0 Å². The molecule has 0 aliphatic rings. The quantitative estimate of drug-likeness (QED) is 0.781. The summed E-state index contributed by atoms with van der Waals surface area (Å²) in [5.41, 5.74) is 0.924. The summed E-state index contributed by atoms with van der Waals surface area (Å²) in [5, 5.41) is 16.6. The molecule has 0 amide bonds. The second-order valence-corrected chi connectivity index (χ2v) is 5.19. The van der Waals surface area contributed by atoms with Crippen molar-refractivity contribution in [2.75, 3.05) is 11.9 Å². The van der Waals surface area contributed by atoms with Crippen molar-refractivity contribution in [2.24, 2.45) is 0 Å². The molecule has 1 aromatic carbocycles. The number of nitrogens with zero attached hydrogens (tertiary/aromatic N) is 5. The molecule has 0 saturated heterocycles. The number of anilines is 1. The van der Waals surface area contributed by atoms with Crippen LogP contribution in [0.4, 0.5) is 5.82 Å². The first-order valence-corrected chi connectivity index (χ1v) is 7.41. The van der Waals surface area contributed by atoms with Crippen molar-refractivity contribution in [1.82, 2.24) is 25.2 Å². The number of tetrazole rings is 1. The van der Waals surface area contributed by atoms with Crippen molar-refractivity contribution in [2.45, 2.75) is 17.1 Å². The summed E-state index contributed by atoms with van der Waals surface area (Å²) in [6.45, 7) is 2.88. The fraction of sp³-hybridized carbons (Fsp3) is 0.143. The predicted octanol–water partition coefficient (Wildman–Crippen LogP) is 2.64. The average molecular weight is 298 g/mol. The molecule has 0 unspecified atom stereocenters. The van der Waals surface area contributed by atoms with E-state index in [-0.39, 0.29) is 0 Å². The zero-order valence-corrected chi connectivity index (χ0v) is 12.3. The van der Waals surface area contributed by atoms with Crippen LogP contribution in [0.1, 0.15) is 6.92 Å². The van der Waals surface area contributed by atoms with Crippen molar-refractivity contribution in [3.8, 4) is 5.69 Å².